The third kappa shape index (κ3) is 3.90. The van der Waals surface area contributed by atoms with Crippen LogP contribution in [-0.4, -0.2) is 31.6 Å². The molecule has 0 radical (unpaired) electrons. The first-order valence-electron chi connectivity index (χ1n) is 7.56. The summed E-state index contributed by atoms with van der Waals surface area (Å²) < 4.78 is 15.9. The highest BCUT2D eigenvalue weighted by Gasteiger charge is 2.25. The lowest BCUT2D eigenvalue weighted by molar-refractivity contribution is -0.129. The van der Waals surface area contributed by atoms with E-state index < -0.39 is 12.1 Å². The molecule has 6 heteroatoms. The molecule has 0 aliphatic heterocycles. The quantitative estimate of drug-likeness (QED) is 0.794. The zero-order valence-corrected chi connectivity index (χ0v) is 13.5. The zero-order valence-electron chi connectivity index (χ0n) is 13.5. The van der Waals surface area contributed by atoms with E-state index in [2.05, 4.69) is 5.32 Å². The molecule has 1 atom stereocenters. The van der Waals surface area contributed by atoms with Crippen molar-refractivity contribution in [1.29, 1.82) is 0 Å². The highest BCUT2D eigenvalue weighted by molar-refractivity contribution is 5.97. The Labute approximate surface area is 134 Å². The summed E-state index contributed by atoms with van der Waals surface area (Å²) in [4.78, 5) is 24.2. The minimum atomic E-state index is -0.891. The Morgan fingerprint density at radius 3 is 2.74 bits per heavy atom. The molecule has 2 aromatic rings. The Balaban J connectivity index is 2.20. The molecule has 1 heterocycles. The minimum Gasteiger partial charge on any atom is -0.449 e. The summed E-state index contributed by atoms with van der Waals surface area (Å²) >= 11 is 0. The van der Waals surface area contributed by atoms with Crippen LogP contribution < -0.4 is 5.32 Å². The van der Waals surface area contributed by atoms with Crippen molar-refractivity contribution in [2.75, 3.05) is 13.7 Å². The third-order valence-corrected chi connectivity index (χ3v) is 3.37. The second kappa shape index (κ2) is 7.78. The third-order valence-electron chi connectivity index (χ3n) is 3.37. The van der Waals surface area contributed by atoms with E-state index in [4.69, 9.17) is 13.9 Å². The van der Waals surface area contributed by atoms with Gasteiger partial charge in [0.15, 0.2) is 6.10 Å². The Morgan fingerprint density at radius 1 is 1.30 bits per heavy atom. The fourth-order valence-corrected chi connectivity index (χ4v) is 2.21. The summed E-state index contributed by atoms with van der Waals surface area (Å²) in [6.07, 6.45) is -0.0776. The van der Waals surface area contributed by atoms with E-state index in [0.29, 0.717) is 17.7 Å². The maximum atomic E-state index is 12.3. The number of fused-ring (bicyclic) bond motifs is 1. The van der Waals surface area contributed by atoms with Gasteiger partial charge in [0.2, 0.25) is 5.76 Å². The standard InChI is InChI=1S/C17H21NO5/c1-4-9-18-16(19)11(2)22-17(20)15-13(10-21-3)12-7-5-6-8-14(12)23-15/h5-8,11H,4,9-10H2,1-3H3,(H,18,19). The number of para-hydroxylation sites is 1. The van der Waals surface area contributed by atoms with Crippen LogP contribution >= 0.6 is 0 Å². The molecule has 0 fully saturated rings. The Hall–Kier alpha value is -2.34. The lowest BCUT2D eigenvalue weighted by Crippen LogP contribution is -2.36. The summed E-state index contributed by atoms with van der Waals surface area (Å²) in [5, 5.41) is 3.48. The second-order valence-electron chi connectivity index (χ2n) is 5.18. The van der Waals surface area contributed by atoms with Crippen LogP contribution in [0.15, 0.2) is 28.7 Å². The normalized spacial score (nSPS) is 12.1. The average Bonchev–Trinajstić information content (AvgIpc) is 2.92. The van der Waals surface area contributed by atoms with Gasteiger partial charge in [-0.15, -0.1) is 0 Å². The van der Waals surface area contributed by atoms with Gasteiger partial charge in [-0.25, -0.2) is 4.79 Å². The number of rotatable bonds is 7. The summed E-state index contributed by atoms with van der Waals surface area (Å²) in [7, 11) is 1.54. The van der Waals surface area contributed by atoms with Gasteiger partial charge in [0.1, 0.15) is 5.58 Å². The van der Waals surface area contributed by atoms with E-state index in [1.807, 2.05) is 25.1 Å². The number of hydrogen-bond donors (Lipinski definition) is 1. The first-order chi connectivity index (χ1) is 11.1. The summed E-state index contributed by atoms with van der Waals surface area (Å²) in [5.41, 5.74) is 1.20. The smallest absolute Gasteiger partial charge is 0.375 e. The van der Waals surface area contributed by atoms with Crippen LogP contribution in [0.4, 0.5) is 0 Å². The molecule has 0 bridgehead atoms. The van der Waals surface area contributed by atoms with Gasteiger partial charge in [0, 0.05) is 24.6 Å². The van der Waals surface area contributed by atoms with Crippen molar-refractivity contribution in [1.82, 2.24) is 5.32 Å². The monoisotopic (exact) mass is 319 g/mol. The summed E-state index contributed by atoms with van der Waals surface area (Å²) in [6, 6.07) is 7.29. The van der Waals surface area contributed by atoms with E-state index in [1.165, 1.54) is 14.0 Å². The number of hydrogen-bond acceptors (Lipinski definition) is 5. The lowest BCUT2D eigenvalue weighted by Gasteiger charge is -2.12. The molecule has 1 amide bonds. The van der Waals surface area contributed by atoms with Crippen molar-refractivity contribution in [3.05, 3.63) is 35.6 Å². The highest BCUT2D eigenvalue weighted by atomic mass is 16.6. The van der Waals surface area contributed by atoms with Crippen LogP contribution in [0.5, 0.6) is 0 Å². The van der Waals surface area contributed by atoms with Gasteiger partial charge in [-0.1, -0.05) is 25.1 Å². The van der Waals surface area contributed by atoms with E-state index in [9.17, 15) is 9.59 Å². The number of furan rings is 1. The van der Waals surface area contributed by atoms with E-state index >= 15 is 0 Å². The van der Waals surface area contributed by atoms with Crippen molar-refractivity contribution in [3.63, 3.8) is 0 Å². The van der Waals surface area contributed by atoms with Gasteiger partial charge in [0.05, 0.1) is 6.61 Å². The number of esters is 1. The molecule has 0 aliphatic rings. The number of methoxy groups -OCH3 is 1. The molecule has 1 N–H and O–H groups in total. The van der Waals surface area contributed by atoms with Crippen molar-refractivity contribution in [2.45, 2.75) is 33.0 Å². The maximum absolute atomic E-state index is 12.3. The van der Waals surface area contributed by atoms with Gasteiger partial charge < -0.3 is 19.2 Å². The number of carbonyl (C=O) groups is 2. The highest BCUT2D eigenvalue weighted by Crippen LogP contribution is 2.27. The van der Waals surface area contributed by atoms with Crippen LogP contribution in [0.25, 0.3) is 11.0 Å². The molecular formula is C17H21NO5. The van der Waals surface area contributed by atoms with Gasteiger partial charge >= 0.3 is 5.97 Å². The molecule has 1 unspecified atom stereocenters. The van der Waals surface area contributed by atoms with Crippen LogP contribution in [0, 0.1) is 0 Å². The van der Waals surface area contributed by atoms with Crippen molar-refractivity contribution < 1.29 is 23.5 Å². The number of ether oxygens (including phenoxy) is 2. The molecule has 0 aliphatic carbocycles. The van der Waals surface area contributed by atoms with Crippen LogP contribution in [0.1, 0.15) is 36.4 Å². The first-order valence-corrected chi connectivity index (χ1v) is 7.56. The van der Waals surface area contributed by atoms with Gasteiger partial charge in [-0.05, 0) is 19.4 Å². The topological polar surface area (TPSA) is 77.8 Å². The number of carbonyl (C=O) groups excluding carboxylic acids is 2. The molecule has 6 nitrogen and oxygen atoms in total. The minimum absolute atomic E-state index is 0.0724. The number of benzene rings is 1. The first kappa shape index (κ1) is 17.0. The number of amides is 1. The Kier molecular flexibility index (Phi) is 5.76. The molecule has 124 valence electrons. The Bertz CT molecular complexity index is 691. The maximum Gasteiger partial charge on any atom is 0.375 e. The predicted molar refractivity (Wildman–Crippen MR) is 85.1 cm³/mol. The van der Waals surface area contributed by atoms with E-state index in [1.54, 1.807) is 6.07 Å². The Morgan fingerprint density at radius 2 is 2.04 bits per heavy atom. The van der Waals surface area contributed by atoms with Gasteiger partial charge in [0.25, 0.3) is 5.91 Å². The molecule has 2 rings (SSSR count). The largest absolute Gasteiger partial charge is 0.449 e. The SMILES string of the molecule is CCCNC(=O)C(C)OC(=O)c1oc2ccccc2c1COC. The van der Waals surface area contributed by atoms with Gasteiger partial charge in [-0.2, -0.15) is 0 Å². The van der Waals surface area contributed by atoms with Crippen LogP contribution in [-0.2, 0) is 20.9 Å². The zero-order chi connectivity index (χ0) is 16.8. The molecule has 0 saturated heterocycles. The van der Waals surface area contributed by atoms with Crippen molar-refractivity contribution in [3.8, 4) is 0 Å². The molecule has 1 aromatic carbocycles. The molecule has 0 saturated carbocycles. The van der Waals surface area contributed by atoms with Gasteiger partial charge in [-0.3, -0.25) is 4.79 Å². The molecule has 0 spiro atoms. The van der Waals surface area contributed by atoms with Crippen LogP contribution in [0.3, 0.4) is 0 Å². The fraction of sp³-hybridized carbons (Fsp3) is 0.412. The van der Waals surface area contributed by atoms with Crippen molar-refractivity contribution >= 4 is 22.8 Å². The number of nitrogens with one attached hydrogen (secondary N) is 1. The summed E-state index contributed by atoms with van der Waals surface area (Å²) in [6.45, 7) is 4.24. The fourth-order valence-electron chi connectivity index (χ4n) is 2.21. The van der Waals surface area contributed by atoms with E-state index in [-0.39, 0.29) is 18.3 Å². The average molecular weight is 319 g/mol. The van der Waals surface area contributed by atoms with Crippen molar-refractivity contribution in [2.24, 2.45) is 0 Å². The van der Waals surface area contributed by atoms with Crippen LogP contribution in [0.2, 0.25) is 0 Å². The molecule has 1 aromatic heterocycles. The summed E-state index contributed by atoms with van der Waals surface area (Å²) in [5.74, 6) is -0.930. The predicted octanol–water partition coefficient (Wildman–Crippen LogP) is 2.65. The molecular weight excluding hydrogens is 298 g/mol. The lowest BCUT2D eigenvalue weighted by atomic mass is 10.1. The molecule has 23 heavy (non-hydrogen) atoms. The van der Waals surface area contributed by atoms with E-state index in [0.717, 1.165) is 11.8 Å². The second-order valence-corrected chi connectivity index (χ2v) is 5.18.